The summed E-state index contributed by atoms with van der Waals surface area (Å²) in [6.07, 6.45) is 0. The van der Waals surface area contributed by atoms with Crippen molar-refractivity contribution in [3.05, 3.63) is 0 Å². The minimum atomic E-state index is 0.654. The van der Waals surface area contributed by atoms with Crippen molar-refractivity contribution in [1.29, 1.82) is 0 Å². The van der Waals surface area contributed by atoms with Crippen LogP contribution < -0.4 is 10.6 Å². The number of aliphatic hydroxyl groups excluding tert-OH is 2. The van der Waals surface area contributed by atoms with Gasteiger partial charge < -0.3 is 39.8 Å². The number of nitrogens with one attached hydrogen (secondary N) is 2. The van der Waals surface area contributed by atoms with Gasteiger partial charge in [-0.2, -0.15) is 0 Å². The summed E-state index contributed by atoms with van der Waals surface area (Å²) in [7, 11) is 2.00. The standard InChI is InChI=1S/C12H26N2O4.2CH4O/c1-5-15-9-10-17-7-3-14-4-8-18-12-11-16-6-2-13-1;2*1-2/h13-14H,1-12H2;2*2H,1H3. The van der Waals surface area contributed by atoms with Crippen LogP contribution in [0.2, 0.25) is 0 Å². The average Bonchev–Trinajstić information content (AvgIpc) is 2.59. The highest BCUT2D eigenvalue weighted by molar-refractivity contribution is 4.47. The van der Waals surface area contributed by atoms with Crippen LogP contribution in [-0.2, 0) is 18.9 Å². The molecule has 136 valence electrons. The molecular weight excluding hydrogens is 292 g/mol. The second kappa shape index (κ2) is 25.6. The molecule has 1 aliphatic rings. The summed E-state index contributed by atoms with van der Waals surface area (Å²) < 4.78 is 21.6. The normalized spacial score (nSPS) is 20.2. The Kier molecular flexibility index (Phi) is 27.9. The molecule has 0 bridgehead atoms. The van der Waals surface area contributed by atoms with Gasteiger partial charge in [-0.1, -0.05) is 0 Å². The second-order valence-corrected chi connectivity index (χ2v) is 3.95. The van der Waals surface area contributed by atoms with Gasteiger partial charge in [0.25, 0.3) is 0 Å². The molecule has 1 aliphatic heterocycles. The molecule has 0 aromatic heterocycles. The van der Waals surface area contributed by atoms with Crippen molar-refractivity contribution < 1.29 is 29.2 Å². The van der Waals surface area contributed by atoms with E-state index in [1.165, 1.54) is 0 Å². The van der Waals surface area contributed by atoms with E-state index in [0.717, 1.165) is 40.4 Å². The van der Waals surface area contributed by atoms with Crippen LogP contribution in [0.4, 0.5) is 0 Å². The second-order valence-electron chi connectivity index (χ2n) is 3.95. The first kappa shape index (κ1) is 23.9. The molecule has 8 nitrogen and oxygen atoms in total. The molecule has 0 aliphatic carbocycles. The highest BCUT2D eigenvalue weighted by Gasteiger charge is 1.94. The van der Waals surface area contributed by atoms with Gasteiger partial charge in [0.2, 0.25) is 0 Å². The molecule has 0 unspecified atom stereocenters. The number of ether oxygens (including phenoxy) is 4. The van der Waals surface area contributed by atoms with E-state index >= 15 is 0 Å². The largest absolute Gasteiger partial charge is 0.400 e. The summed E-state index contributed by atoms with van der Waals surface area (Å²) in [6, 6.07) is 0. The zero-order chi connectivity index (χ0) is 16.7. The summed E-state index contributed by atoms with van der Waals surface area (Å²) in [5, 5.41) is 20.5. The van der Waals surface area contributed by atoms with Gasteiger partial charge in [-0.25, -0.2) is 0 Å². The minimum absolute atomic E-state index is 0.654. The fraction of sp³-hybridized carbons (Fsp3) is 1.00. The molecule has 8 heteroatoms. The average molecular weight is 326 g/mol. The minimum Gasteiger partial charge on any atom is -0.400 e. The first-order chi connectivity index (χ1) is 11.0. The van der Waals surface area contributed by atoms with E-state index in [2.05, 4.69) is 10.6 Å². The van der Waals surface area contributed by atoms with Gasteiger partial charge in [0.15, 0.2) is 0 Å². The van der Waals surface area contributed by atoms with Gasteiger partial charge in [-0.05, 0) is 0 Å². The lowest BCUT2D eigenvalue weighted by atomic mass is 10.6. The summed E-state index contributed by atoms with van der Waals surface area (Å²) >= 11 is 0. The van der Waals surface area contributed by atoms with Crippen LogP contribution in [0.25, 0.3) is 0 Å². The maximum Gasteiger partial charge on any atom is 0.0701 e. The Morgan fingerprint density at radius 2 is 0.682 bits per heavy atom. The third-order valence-electron chi connectivity index (χ3n) is 2.44. The van der Waals surface area contributed by atoms with Gasteiger partial charge in [-0.3, -0.25) is 0 Å². The van der Waals surface area contributed by atoms with Crippen molar-refractivity contribution in [3.63, 3.8) is 0 Å². The summed E-state index contributed by atoms with van der Waals surface area (Å²) in [5.41, 5.74) is 0. The molecule has 1 rings (SSSR count). The summed E-state index contributed by atoms with van der Waals surface area (Å²) in [5.74, 6) is 0. The molecule has 0 radical (unpaired) electrons. The predicted octanol–water partition coefficient (Wildman–Crippen LogP) is -1.54. The SMILES string of the molecule is C1COCCOCCNCCOCCOCCN1.CO.CO. The molecule has 0 saturated carbocycles. The Morgan fingerprint density at radius 3 is 0.909 bits per heavy atom. The first-order valence-corrected chi connectivity index (χ1v) is 7.62. The smallest absolute Gasteiger partial charge is 0.0701 e. The monoisotopic (exact) mass is 326 g/mol. The Morgan fingerprint density at radius 1 is 0.455 bits per heavy atom. The van der Waals surface area contributed by atoms with Crippen molar-refractivity contribution in [2.24, 2.45) is 0 Å². The van der Waals surface area contributed by atoms with E-state index in [1.807, 2.05) is 0 Å². The van der Waals surface area contributed by atoms with Gasteiger partial charge in [0.1, 0.15) is 0 Å². The number of rotatable bonds is 0. The van der Waals surface area contributed by atoms with E-state index in [0.29, 0.717) is 52.9 Å². The molecule has 1 fully saturated rings. The lowest BCUT2D eigenvalue weighted by Gasteiger charge is -2.10. The van der Waals surface area contributed by atoms with E-state index in [4.69, 9.17) is 29.2 Å². The van der Waals surface area contributed by atoms with Crippen molar-refractivity contribution >= 4 is 0 Å². The van der Waals surface area contributed by atoms with Crippen LogP contribution in [-0.4, -0.2) is 103 Å². The maximum atomic E-state index is 7.00. The third kappa shape index (κ3) is 22.0. The van der Waals surface area contributed by atoms with Gasteiger partial charge in [0, 0.05) is 40.4 Å². The molecule has 22 heavy (non-hydrogen) atoms. The van der Waals surface area contributed by atoms with Crippen LogP contribution in [0.5, 0.6) is 0 Å². The number of hydrogen-bond acceptors (Lipinski definition) is 8. The van der Waals surface area contributed by atoms with Gasteiger partial charge in [-0.15, -0.1) is 0 Å². The van der Waals surface area contributed by atoms with E-state index in [1.54, 1.807) is 0 Å². The summed E-state index contributed by atoms with van der Waals surface area (Å²) in [6.45, 7) is 8.86. The Labute approximate surface area is 134 Å². The van der Waals surface area contributed by atoms with Crippen LogP contribution >= 0.6 is 0 Å². The molecule has 0 aromatic carbocycles. The van der Waals surface area contributed by atoms with Crippen LogP contribution in [0.3, 0.4) is 0 Å². The van der Waals surface area contributed by atoms with E-state index in [-0.39, 0.29) is 0 Å². The van der Waals surface area contributed by atoms with Crippen molar-refractivity contribution in [2.75, 3.05) is 93.3 Å². The van der Waals surface area contributed by atoms with Crippen molar-refractivity contribution in [2.45, 2.75) is 0 Å². The lowest BCUT2D eigenvalue weighted by molar-refractivity contribution is 0.0383. The Hall–Kier alpha value is -0.320. The number of aliphatic hydroxyl groups is 2. The predicted molar refractivity (Wildman–Crippen MR) is 85.3 cm³/mol. The molecule has 0 amide bonds. The Bertz CT molecular complexity index is 102. The molecule has 0 atom stereocenters. The topological polar surface area (TPSA) is 101 Å². The lowest BCUT2D eigenvalue weighted by Crippen LogP contribution is -2.27. The Balaban J connectivity index is 0. The quantitative estimate of drug-likeness (QED) is 0.425. The van der Waals surface area contributed by atoms with Gasteiger partial charge in [0.05, 0.1) is 52.9 Å². The van der Waals surface area contributed by atoms with Crippen molar-refractivity contribution in [3.8, 4) is 0 Å². The molecule has 4 N–H and O–H groups in total. The molecular formula is C14H34N2O6. The van der Waals surface area contributed by atoms with Gasteiger partial charge >= 0.3 is 0 Å². The molecule has 0 spiro atoms. The fourth-order valence-electron chi connectivity index (χ4n) is 1.47. The summed E-state index contributed by atoms with van der Waals surface area (Å²) in [4.78, 5) is 0. The van der Waals surface area contributed by atoms with Crippen LogP contribution in [0.15, 0.2) is 0 Å². The van der Waals surface area contributed by atoms with Crippen molar-refractivity contribution in [1.82, 2.24) is 10.6 Å². The van der Waals surface area contributed by atoms with E-state index < -0.39 is 0 Å². The maximum absolute atomic E-state index is 7.00. The first-order valence-electron chi connectivity index (χ1n) is 7.62. The van der Waals surface area contributed by atoms with E-state index in [9.17, 15) is 0 Å². The molecule has 1 heterocycles. The highest BCUT2D eigenvalue weighted by Crippen LogP contribution is 1.81. The van der Waals surface area contributed by atoms with Crippen LogP contribution in [0.1, 0.15) is 0 Å². The van der Waals surface area contributed by atoms with Crippen LogP contribution in [0, 0.1) is 0 Å². The fourth-order valence-corrected chi connectivity index (χ4v) is 1.47. The third-order valence-corrected chi connectivity index (χ3v) is 2.44. The number of hydrogen-bond donors (Lipinski definition) is 4. The zero-order valence-electron chi connectivity index (χ0n) is 14.0. The zero-order valence-corrected chi connectivity index (χ0v) is 14.0. The molecule has 1 saturated heterocycles. The molecule has 0 aromatic rings. The highest BCUT2D eigenvalue weighted by atomic mass is 16.5.